The topological polar surface area (TPSA) is 61.8 Å². The van der Waals surface area contributed by atoms with E-state index in [1.165, 1.54) is 0 Å². The Kier molecular flexibility index (Phi) is 4.60. The summed E-state index contributed by atoms with van der Waals surface area (Å²) in [6.45, 7) is 2.73. The molecule has 15 heavy (non-hydrogen) atoms. The number of hydrogen-bond donors (Lipinski definition) is 2. The number of nitrogens with two attached hydrogens (primary N) is 1. The molecule has 3 nitrogen and oxygen atoms in total. The number of halogens is 1. The van der Waals surface area contributed by atoms with E-state index >= 15 is 0 Å². The van der Waals surface area contributed by atoms with Crippen LogP contribution in [0.25, 0.3) is 0 Å². The molecule has 1 unspecified atom stereocenters. The summed E-state index contributed by atoms with van der Waals surface area (Å²) in [6, 6.07) is 7.84. The monoisotopic (exact) mass is 267 g/mol. The maximum absolute atomic E-state index is 8.92. The number of rotatable bonds is 4. The van der Waals surface area contributed by atoms with Crippen LogP contribution in [-0.4, -0.2) is 12.6 Å². The van der Waals surface area contributed by atoms with E-state index < -0.39 is 0 Å². The van der Waals surface area contributed by atoms with Crippen molar-refractivity contribution in [2.24, 2.45) is 5.73 Å². The van der Waals surface area contributed by atoms with Crippen molar-refractivity contribution in [1.82, 2.24) is 0 Å². The number of nitrogens with one attached hydrogen (secondary N) is 1. The normalized spacial score (nSPS) is 11.9. The van der Waals surface area contributed by atoms with Gasteiger partial charge in [0.05, 0.1) is 11.3 Å². The number of benzene rings is 1. The Balaban J connectivity index is 2.73. The van der Waals surface area contributed by atoms with Crippen LogP contribution in [-0.2, 0) is 0 Å². The molecule has 0 saturated carbocycles. The molecule has 0 aliphatic rings. The van der Waals surface area contributed by atoms with Crippen molar-refractivity contribution in [1.29, 1.82) is 5.26 Å². The van der Waals surface area contributed by atoms with Crippen LogP contribution in [0.1, 0.15) is 18.9 Å². The fourth-order valence-electron chi connectivity index (χ4n) is 1.15. The minimum Gasteiger partial charge on any atom is -0.382 e. The number of nitriles is 1. The van der Waals surface area contributed by atoms with Crippen molar-refractivity contribution >= 4 is 21.6 Å². The Morgan fingerprint density at radius 3 is 2.93 bits per heavy atom. The van der Waals surface area contributed by atoms with Crippen molar-refractivity contribution in [3.8, 4) is 6.07 Å². The lowest BCUT2D eigenvalue weighted by atomic mass is 10.2. The Labute approximate surface area is 98.4 Å². The Bertz CT molecular complexity index is 371. The summed E-state index contributed by atoms with van der Waals surface area (Å²) >= 11 is 3.33. The molecule has 0 aromatic heterocycles. The molecule has 3 N–H and O–H groups in total. The van der Waals surface area contributed by atoms with Gasteiger partial charge in [0.1, 0.15) is 6.07 Å². The van der Waals surface area contributed by atoms with Crippen molar-refractivity contribution in [2.75, 3.05) is 11.9 Å². The highest BCUT2D eigenvalue weighted by molar-refractivity contribution is 9.10. The molecule has 0 amide bonds. The summed E-state index contributed by atoms with van der Waals surface area (Å²) < 4.78 is 0.907. The average molecular weight is 268 g/mol. The van der Waals surface area contributed by atoms with Gasteiger partial charge in [0.2, 0.25) is 0 Å². The molecule has 0 spiro atoms. The molecule has 1 aromatic carbocycles. The Morgan fingerprint density at radius 1 is 1.60 bits per heavy atom. The van der Waals surface area contributed by atoms with E-state index in [4.69, 9.17) is 11.0 Å². The molecule has 0 heterocycles. The van der Waals surface area contributed by atoms with Crippen molar-refractivity contribution in [3.05, 3.63) is 28.2 Å². The molecular formula is C11H14BrN3. The predicted octanol–water partition coefficient (Wildman–Crippen LogP) is 2.47. The fraction of sp³-hybridized carbons (Fsp3) is 0.364. The lowest BCUT2D eigenvalue weighted by Gasteiger charge is -2.12. The van der Waals surface area contributed by atoms with Gasteiger partial charge >= 0.3 is 0 Å². The highest BCUT2D eigenvalue weighted by Crippen LogP contribution is 2.20. The van der Waals surface area contributed by atoms with Crippen molar-refractivity contribution < 1.29 is 0 Å². The van der Waals surface area contributed by atoms with E-state index in [0.717, 1.165) is 16.6 Å². The molecule has 0 aliphatic heterocycles. The summed E-state index contributed by atoms with van der Waals surface area (Å²) in [5, 5.41) is 12.1. The van der Waals surface area contributed by atoms with Gasteiger partial charge in [0.25, 0.3) is 0 Å². The maximum atomic E-state index is 8.92. The minimum atomic E-state index is 0.125. The molecule has 0 aliphatic carbocycles. The summed E-state index contributed by atoms with van der Waals surface area (Å²) in [4.78, 5) is 0. The van der Waals surface area contributed by atoms with Crippen LogP contribution in [0, 0.1) is 11.3 Å². The first-order valence-corrected chi connectivity index (χ1v) is 5.65. The second kappa shape index (κ2) is 5.74. The SMILES string of the molecule is CCC(N)CNc1ccc(Br)cc1C#N. The molecule has 0 bridgehead atoms. The van der Waals surface area contributed by atoms with Gasteiger partial charge in [-0.25, -0.2) is 0 Å². The van der Waals surface area contributed by atoms with Gasteiger partial charge in [0.15, 0.2) is 0 Å². The van der Waals surface area contributed by atoms with Crippen molar-refractivity contribution in [2.45, 2.75) is 19.4 Å². The van der Waals surface area contributed by atoms with E-state index in [1.54, 1.807) is 6.07 Å². The van der Waals surface area contributed by atoms with Crippen LogP contribution >= 0.6 is 15.9 Å². The molecule has 0 radical (unpaired) electrons. The number of anilines is 1. The van der Waals surface area contributed by atoms with Crippen LogP contribution < -0.4 is 11.1 Å². The molecule has 0 saturated heterocycles. The van der Waals surface area contributed by atoms with E-state index in [0.29, 0.717) is 12.1 Å². The standard InChI is InChI=1S/C11H14BrN3/c1-2-10(14)7-15-11-4-3-9(12)5-8(11)6-13/h3-5,10,15H,2,7,14H2,1H3. The first-order valence-electron chi connectivity index (χ1n) is 4.86. The zero-order valence-electron chi connectivity index (χ0n) is 8.63. The molecule has 1 atom stereocenters. The zero-order valence-corrected chi connectivity index (χ0v) is 10.2. The van der Waals surface area contributed by atoms with Gasteiger partial charge in [-0.3, -0.25) is 0 Å². The molecule has 0 fully saturated rings. The third kappa shape index (κ3) is 3.54. The fourth-order valence-corrected chi connectivity index (χ4v) is 1.51. The summed E-state index contributed by atoms with van der Waals surface area (Å²) in [7, 11) is 0. The van der Waals surface area contributed by atoms with Gasteiger partial charge in [-0.2, -0.15) is 5.26 Å². The van der Waals surface area contributed by atoms with E-state index in [1.807, 2.05) is 19.1 Å². The number of hydrogen-bond acceptors (Lipinski definition) is 3. The summed E-state index contributed by atoms with van der Waals surface area (Å²) in [5.41, 5.74) is 7.26. The van der Waals surface area contributed by atoms with Gasteiger partial charge < -0.3 is 11.1 Å². The highest BCUT2D eigenvalue weighted by atomic mass is 79.9. The van der Waals surface area contributed by atoms with Gasteiger partial charge in [-0.1, -0.05) is 22.9 Å². The summed E-state index contributed by atoms with van der Waals surface area (Å²) in [6.07, 6.45) is 0.922. The lowest BCUT2D eigenvalue weighted by Crippen LogP contribution is -2.28. The Hall–Kier alpha value is -1.05. The first kappa shape index (κ1) is 12.0. The van der Waals surface area contributed by atoms with Crippen LogP contribution in [0.5, 0.6) is 0 Å². The Morgan fingerprint density at radius 2 is 2.33 bits per heavy atom. The number of nitrogens with zero attached hydrogens (tertiary/aromatic N) is 1. The minimum absolute atomic E-state index is 0.125. The smallest absolute Gasteiger partial charge is 0.101 e. The average Bonchev–Trinajstić information content (AvgIpc) is 2.26. The van der Waals surface area contributed by atoms with Gasteiger partial charge in [-0.15, -0.1) is 0 Å². The van der Waals surface area contributed by atoms with Crippen LogP contribution in [0.2, 0.25) is 0 Å². The third-order valence-electron chi connectivity index (χ3n) is 2.18. The molecular weight excluding hydrogens is 254 g/mol. The second-order valence-electron chi connectivity index (χ2n) is 3.35. The second-order valence-corrected chi connectivity index (χ2v) is 4.27. The van der Waals surface area contributed by atoms with Crippen LogP contribution in [0.3, 0.4) is 0 Å². The van der Waals surface area contributed by atoms with E-state index in [-0.39, 0.29) is 6.04 Å². The largest absolute Gasteiger partial charge is 0.382 e. The maximum Gasteiger partial charge on any atom is 0.101 e. The van der Waals surface area contributed by atoms with E-state index in [2.05, 4.69) is 27.3 Å². The molecule has 1 rings (SSSR count). The zero-order chi connectivity index (χ0) is 11.3. The highest BCUT2D eigenvalue weighted by Gasteiger charge is 2.04. The van der Waals surface area contributed by atoms with Crippen molar-refractivity contribution in [3.63, 3.8) is 0 Å². The van der Waals surface area contributed by atoms with Gasteiger partial charge in [0, 0.05) is 17.1 Å². The molecule has 80 valence electrons. The van der Waals surface area contributed by atoms with Crippen LogP contribution in [0.15, 0.2) is 22.7 Å². The predicted molar refractivity (Wildman–Crippen MR) is 65.6 cm³/mol. The lowest BCUT2D eigenvalue weighted by molar-refractivity contribution is 0.679. The van der Waals surface area contributed by atoms with Gasteiger partial charge in [-0.05, 0) is 24.6 Å². The first-order chi connectivity index (χ1) is 7.17. The van der Waals surface area contributed by atoms with Crippen LogP contribution in [0.4, 0.5) is 5.69 Å². The van der Waals surface area contributed by atoms with E-state index in [9.17, 15) is 0 Å². The third-order valence-corrected chi connectivity index (χ3v) is 2.67. The summed E-state index contributed by atoms with van der Waals surface area (Å²) in [5.74, 6) is 0. The quantitative estimate of drug-likeness (QED) is 0.881. The molecule has 4 heteroatoms. The molecule has 1 aromatic rings.